The molecule has 38 heavy (non-hydrogen) atoms. The van der Waals surface area contributed by atoms with Crippen LogP contribution in [0, 0.1) is 11.8 Å². The molecule has 1 heterocycles. The molecular formula is C26H28N4O8. The van der Waals surface area contributed by atoms with Gasteiger partial charge < -0.3 is 35.5 Å². The molecule has 0 radical (unpaired) electrons. The Morgan fingerprint density at radius 2 is 1.87 bits per heavy atom. The maximum Gasteiger partial charge on any atom is 0.255 e. The fourth-order valence-corrected chi connectivity index (χ4v) is 6.22. The van der Waals surface area contributed by atoms with Crippen molar-refractivity contribution < 1.29 is 39.2 Å². The van der Waals surface area contributed by atoms with Crippen LogP contribution in [0.3, 0.4) is 0 Å². The summed E-state index contributed by atoms with van der Waals surface area (Å²) in [6.45, 7) is 0. The molecule has 3 aliphatic carbocycles. The largest absolute Gasteiger partial charge is 0.510 e. The molecule has 3 aliphatic rings. The van der Waals surface area contributed by atoms with E-state index in [2.05, 4.69) is 4.98 Å². The van der Waals surface area contributed by atoms with E-state index in [1.54, 1.807) is 39.2 Å². The van der Waals surface area contributed by atoms with Gasteiger partial charge in [-0.1, -0.05) is 0 Å². The molecular weight excluding hydrogens is 496 g/mol. The van der Waals surface area contributed by atoms with Crippen LogP contribution in [0.25, 0.3) is 11.5 Å². The molecule has 0 saturated heterocycles. The number of hydrogen-bond donors (Lipinski definition) is 5. The van der Waals surface area contributed by atoms with Crippen LogP contribution in [0.2, 0.25) is 0 Å². The first-order valence-corrected chi connectivity index (χ1v) is 11.9. The average molecular weight is 525 g/mol. The molecule has 1 aromatic heterocycles. The van der Waals surface area contributed by atoms with Gasteiger partial charge in [0.15, 0.2) is 11.4 Å². The van der Waals surface area contributed by atoms with Crippen LogP contribution in [0.5, 0.6) is 5.75 Å². The number of ketones is 2. The number of nitrogens with zero attached hydrogens (tertiary/aromatic N) is 3. The molecule has 5 rings (SSSR count). The Hall–Kier alpha value is -4.16. The molecule has 2 aromatic rings. The maximum atomic E-state index is 14.0. The molecule has 200 valence electrons. The highest BCUT2D eigenvalue weighted by atomic mass is 16.4. The maximum absolute atomic E-state index is 14.0. The van der Waals surface area contributed by atoms with Gasteiger partial charge in [0.05, 0.1) is 23.4 Å². The van der Waals surface area contributed by atoms with Crippen molar-refractivity contribution in [3.63, 3.8) is 0 Å². The minimum atomic E-state index is -2.69. The highest BCUT2D eigenvalue weighted by Gasteiger charge is 2.63. The Kier molecular flexibility index (Phi) is 5.65. The number of allylic oxidation sites excluding steroid dienone is 1. The zero-order valence-electron chi connectivity index (χ0n) is 21.2. The third kappa shape index (κ3) is 3.23. The van der Waals surface area contributed by atoms with E-state index >= 15 is 0 Å². The van der Waals surface area contributed by atoms with Gasteiger partial charge >= 0.3 is 0 Å². The number of fused-ring (bicyclic) bond motifs is 3. The summed E-state index contributed by atoms with van der Waals surface area (Å²) in [6.07, 6.45) is 2.91. The number of aromatic nitrogens is 1. The van der Waals surface area contributed by atoms with Crippen LogP contribution >= 0.6 is 0 Å². The molecule has 0 aliphatic heterocycles. The van der Waals surface area contributed by atoms with Gasteiger partial charge in [0.25, 0.3) is 5.91 Å². The van der Waals surface area contributed by atoms with Crippen molar-refractivity contribution in [2.45, 2.75) is 24.5 Å². The lowest BCUT2D eigenvalue weighted by molar-refractivity contribution is -0.148. The lowest BCUT2D eigenvalue weighted by Crippen LogP contribution is -2.63. The SMILES string of the molecule is CN(C)c1cc(-c2ncco2)c(O)c2c1C[C@H]1C[C@H]3[C@H](N(C)C)C(O)=C(C(N)=O)C(=O)[C@@]3(O)C(O)=C1C2=O. The average Bonchev–Trinajstić information content (AvgIpc) is 3.35. The third-order valence-electron chi connectivity index (χ3n) is 7.84. The molecule has 1 aromatic carbocycles. The molecule has 12 nitrogen and oxygen atoms in total. The highest BCUT2D eigenvalue weighted by Crippen LogP contribution is 2.54. The number of nitrogens with two attached hydrogens (primary N) is 1. The Bertz CT molecular complexity index is 1460. The summed E-state index contributed by atoms with van der Waals surface area (Å²) < 4.78 is 5.34. The number of benzene rings is 1. The van der Waals surface area contributed by atoms with E-state index in [1.807, 2.05) is 0 Å². The number of aliphatic hydroxyl groups is 3. The quantitative estimate of drug-likeness (QED) is 0.356. The first kappa shape index (κ1) is 25.5. The van der Waals surface area contributed by atoms with Gasteiger partial charge in [0, 0.05) is 31.3 Å². The van der Waals surface area contributed by atoms with Crippen LogP contribution in [0.1, 0.15) is 22.3 Å². The van der Waals surface area contributed by atoms with Crippen molar-refractivity contribution in [2.75, 3.05) is 33.1 Å². The number of primary amides is 1. The molecule has 1 amide bonds. The van der Waals surface area contributed by atoms with E-state index in [0.29, 0.717) is 11.3 Å². The Labute approximate surface area is 217 Å². The Morgan fingerprint density at radius 1 is 1.18 bits per heavy atom. The van der Waals surface area contributed by atoms with Gasteiger partial charge in [0.1, 0.15) is 29.1 Å². The van der Waals surface area contributed by atoms with E-state index in [0.717, 1.165) is 0 Å². The van der Waals surface area contributed by atoms with Crippen LogP contribution in [-0.2, 0) is 16.0 Å². The van der Waals surface area contributed by atoms with Crippen LogP contribution in [0.15, 0.2) is 45.6 Å². The van der Waals surface area contributed by atoms with Gasteiger partial charge in [-0.25, -0.2) is 4.98 Å². The van der Waals surface area contributed by atoms with Crippen molar-refractivity contribution in [3.05, 3.63) is 52.3 Å². The molecule has 6 N–H and O–H groups in total. The molecule has 0 spiro atoms. The number of amides is 1. The number of aromatic hydroxyl groups is 1. The van der Waals surface area contributed by atoms with Gasteiger partial charge in [0.2, 0.25) is 11.7 Å². The van der Waals surface area contributed by atoms with Gasteiger partial charge in [-0.2, -0.15) is 0 Å². The summed E-state index contributed by atoms with van der Waals surface area (Å²) in [5.74, 6) is -6.93. The van der Waals surface area contributed by atoms with E-state index in [1.165, 1.54) is 17.4 Å². The third-order valence-corrected chi connectivity index (χ3v) is 7.84. The number of carbonyl (C=O) groups excluding carboxylic acids is 3. The summed E-state index contributed by atoms with van der Waals surface area (Å²) in [5, 5.41) is 45.2. The van der Waals surface area contributed by atoms with Crippen molar-refractivity contribution >= 4 is 23.2 Å². The lowest BCUT2D eigenvalue weighted by atomic mass is 9.58. The topological polar surface area (TPSA) is 191 Å². The number of phenolic OH excluding ortho intramolecular Hbond substituents is 1. The molecule has 0 saturated carbocycles. The molecule has 12 heteroatoms. The summed E-state index contributed by atoms with van der Waals surface area (Å²) in [5.41, 5.74) is 2.78. The number of hydrogen-bond acceptors (Lipinski definition) is 11. The monoisotopic (exact) mass is 524 g/mol. The van der Waals surface area contributed by atoms with Crippen LogP contribution < -0.4 is 10.6 Å². The first-order chi connectivity index (χ1) is 17.8. The van der Waals surface area contributed by atoms with Crippen molar-refractivity contribution in [1.82, 2.24) is 9.88 Å². The summed E-state index contributed by atoms with van der Waals surface area (Å²) >= 11 is 0. The minimum Gasteiger partial charge on any atom is -0.510 e. The van der Waals surface area contributed by atoms with E-state index in [4.69, 9.17) is 10.2 Å². The number of rotatable bonds is 4. The highest BCUT2D eigenvalue weighted by molar-refractivity contribution is 6.25. The predicted octanol–water partition coefficient (Wildman–Crippen LogP) is 0.842. The van der Waals surface area contributed by atoms with E-state index < -0.39 is 63.8 Å². The molecule has 0 bridgehead atoms. The van der Waals surface area contributed by atoms with Gasteiger partial charge in [-0.15, -0.1) is 0 Å². The second-order valence-corrected chi connectivity index (χ2v) is 10.3. The number of aliphatic hydroxyl groups excluding tert-OH is 2. The van der Waals surface area contributed by atoms with Crippen LogP contribution in [-0.4, -0.2) is 87.6 Å². The summed E-state index contributed by atoms with van der Waals surface area (Å²) in [7, 11) is 6.71. The number of carbonyl (C=O) groups is 3. The number of likely N-dealkylation sites (N-methyl/N-ethyl adjacent to an activating group) is 1. The van der Waals surface area contributed by atoms with Crippen molar-refractivity contribution in [3.8, 4) is 17.2 Å². The summed E-state index contributed by atoms with van der Waals surface area (Å²) in [4.78, 5) is 46.8. The second kappa shape index (κ2) is 8.43. The van der Waals surface area contributed by atoms with Crippen molar-refractivity contribution in [2.24, 2.45) is 17.6 Å². The number of phenols is 1. The fourth-order valence-electron chi connectivity index (χ4n) is 6.22. The lowest BCUT2D eigenvalue weighted by Gasteiger charge is -2.50. The molecule has 0 unspecified atom stereocenters. The zero-order chi connectivity index (χ0) is 27.8. The van der Waals surface area contributed by atoms with Crippen LogP contribution in [0.4, 0.5) is 5.69 Å². The number of anilines is 1. The number of Topliss-reactive ketones (excluding diaryl/α,β-unsaturated/α-hetero) is 2. The van der Waals surface area contributed by atoms with Crippen molar-refractivity contribution in [1.29, 1.82) is 0 Å². The Balaban J connectivity index is 1.76. The predicted molar refractivity (Wildman–Crippen MR) is 133 cm³/mol. The van der Waals surface area contributed by atoms with E-state index in [-0.39, 0.29) is 35.4 Å². The van der Waals surface area contributed by atoms with Gasteiger partial charge in [-0.05, 0) is 44.5 Å². The second-order valence-electron chi connectivity index (χ2n) is 10.3. The molecule has 0 fully saturated rings. The standard InChI is InChI=1S/C26H28N4O8/c1-29(2)14-9-12(25-28-5-6-38-25)19(31)16-11(14)7-10-8-13-18(30(3)4)21(33)17(24(27)36)23(35)26(13,37)22(34)15(10)20(16)32/h5-6,9-10,13,18,31,33-34,37H,7-8H2,1-4H3,(H2,27,36)/t10-,13-,18-,26-/m0/s1. The number of oxazole rings is 1. The zero-order valence-corrected chi connectivity index (χ0v) is 21.2. The smallest absolute Gasteiger partial charge is 0.255 e. The molecule has 4 atom stereocenters. The first-order valence-electron chi connectivity index (χ1n) is 11.9. The normalized spacial score (nSPS) is 26.8. The summed E-state index contributed by atoms with van der Waals surface area (Å²) in [6, 6.07) is 0.608. The fraction of sp³-hybridized carbons (Fsp3) is 0.385. The van der Waals surface area contributed by atoms with Gasteiger partial charge in [-0.3, -0.25) is 19.3 Å². The minimum absolute atomic E-state index is 0.0148. The Morgan fingerprint density at radius 3 is 2.42 bits per heavy atom. The van der Waals surface area contributed by atoms with E-state index in [9.17, 15) is 34.8 Å².